The molecule has 4 nitrogen and oxygen atoms in total. The number of benzene rings is 1. The van der Waals surface area contributed by atoms with E-state index in [1.54, 1.807) is 24.3 Å². The van der Waals surface area contributed by atoms with Crippen LogP contribution in [0.1, 0.15) is 11.1 Å². The van der Waals surface area contributed by atoms with Crippen LogP contribution in [-0.4, -0.2) is 28.3 Å². The van der Waals surface area contributed by atoms with Crippen LogP contribution in [0.4, 0.5) is 13.2 Å². The van der Waals surface area contributed by atoms with Crippen molar-refractivity contribution in [3.63, 3.8) is 0 Å². The van der Waals surface area contributed by atoms with Crippen LogP contribution in [0.3, 0.4) is 0 Å². The number of rotatable bonds is 0. The van der Waals surface area contributed by atoms with Crippen LogP contribution < -0.4 is 5.73 Å². The van der Waals surface area contributed by atoms with Crippen LogP contribution in [0.25, 0.3) is 0 Å². The molecule has 0 radical (unpaired) electrons. The average Bonchev–Trinajstić information content (AvgIpc) is 2.35. The number of nitrogens with zero attached hydrogens (tertiary/aromatic N) is 2. The zero-order valence-corrected chi connectivity index (χ0v) is 10.6. The standard InChI is InChI=1S/C11H12F3N3O.ClH/c12-11(13,14)9-5-7-3-1-2-4-8(7)6-17(9)10(15)16-18;/h1-4,9,18H,5-6H2,(H2,15,16);1H. The lowest BCUT2D eigenvalue weighted by molar-refractivity contribution is -0.176. The summed E-state index contributed by atoms with van der Waals surface area (Å²) in [4.78, 5) is 0.863. The van der Waals surface area contributed by atoms with Gasteiger partial charge in [-0.05, 0) is 11.1 Å². The molecule has 3 N–H and O–H groups in total. The largest absolute Gasteiger partial charge is 0.409 e. The highest BCUT2D eigenvalue weighted by Crippen LogP contribution is 2.33. The highest BCUT2D eigenvalue weighted by molar-refractivity contribution is 5.85. The van der Waals surface area contributed by atoms with Crippen molar-refractivity contribution < 1.29 is 18.4 Å². The van der Waals surface area contributed by atoms with Crippen LogP contribution in [0.2, 0.25) is 0 Å². The minimum absolute atomic E-state index is 0. The smallest absolute Gasteiger partial charge is 0.408 e. The molecule has 0 bridgehead atoms. The predicted molar refractivity (Wildman–Crippen MR) is 66.2 cm³/mol. The normalized spacial score (nSPS) is 19.6. The molecule has 19 heavy (non-hydrogen) atoms. The summed E-state index contributed by atoms with van der Waals surface area (Å²) in [5, 5.41) is 11.2. The highest BCUT2D eigenvalue weighted by atomic mass is 35.5. The molecule has 0 spiro atoms. The molecule has 0 amide bonds. The van der Waals surface area contributed by atoms with E-state index in [4.69, 9.17) is 10.9 Å². The number of oxime groups is 1. The van der Waals surface area contributed by atoms with Crippen LogP contribution in [0, 0.1) is 0 Å². The Morgan fingerprint density at radius 3 is 2.42 bits per heavy atom. The molecule has 0 aromatic heterocycles. The molecular formula is C11H13ClF3N3O. The minimum atomic E-state index is -4.43. The molecule has 1 heterocycles. The Bertz CT molecular complexity index is 478. The molecule has 1 aromatic rings. The van der Waals surface area contributed by atoms with Crippen molar-refractivity contribution in [2.75, 3.05) is 0 Å². The van der Waals surface area contributed by atoms with Gasteiger partial charge in [0.1, 0.15) is 6.04 Å². The fourth-order valence-corrected chi connectivity index (χ4v) is 2.11. The first-order valence-corrected chi connectivity index (χ1v) is 5.31. The van der Waals surface area contributed by atoms with Crippen molar-refractivity contribution in [3.8, 4) is 0 Å². The molecule has 1 aliphatic rings. The maximum absolute atomic E-state index is 12.9. The summed E-state index contributed by atoms with van der Waals surface area (Å²) in [6.45, 7) is -0.0176. The van der Waals surface area contributed by atoms with Gasteiger partial charge in [0.25, 0.3) is 0 Å². The number of fused-ring (bicyclic) bond motifs is 1. The fourth-order valence-electron chi connectivity index (χ4n) is 2.11. The molecule has 1 atom stereocenters. The van der Waals surface area contributed by atoms with Gasteiger partial charge in [-0.15, -0.1) is 12.4 Å². The number of guanidine groups is 1. The van der Waals surface area contributed by atoms with Crippen molar-refractivity contribution in [3.05, 3.63) is 35.4 Å². The van der Waals surface area contributed by atoms with Gasteiger partial charge < -0.3 is 15.8 Å². The van der Waals surface area contributed by atoms with Crippen LogP contribution in [-0.2, 0) is 13.0 Å². The van der Waals surface area contributed by atoms with Gasteiger partial charge in [-0.1, -0.05) is 29.4 Å². The second-order valence-corrected chi connectivity index (χ2v) is 4.12. The van der Waals surface area contributed by atoms with Crippen molar-refractivity contribution in [1.29, 1.82) is 0 Å². The van der Waals surface area contributed by atoms with E-state index in [-0.39, 0.29) is 25.4 Å². The van der Waals surface area contributed by atoms with E-state index in [0.29, 0.717) is 5.56 Å². The zero-order chi connectivity index (χ0) is 13.3. The van der Waals surface area contributed by atoms with E-state index >= 15 is 0 Å². The van der Waals surface area contributed by atoms with E-state index in [2.05, 4.69) is 5.16 Å². The molecule has 1 unspecified atom stereocenters. The molecule has 2 rings (SSSR count). The zero-order valence-electron chi connectivity index (χ0n) is 9.76. The quantitative estimate of drug-likeness (QED) is 0.333. The Hall–Kier alpha value is -1.63. The molecule has 0 saturated carbocycles. The van der Waals surface area contributed by atoms with Gasteiger partial charge in [0.05, 0.1) is 0 Å². The number of halogens is 4. The second kappa shape index (κ2) is 5.56. The maximum atomic E-state index is 12.9. The molecule has 1 aliphatic heterocycles. The van der Waals surface area contributed by atoms with Gasteiger partial charge in [-0.3, -0.25) is 0 Å². The Morgan fingerprint density at radius 2 is 1.89 bits per heavy atom. The average molecular weight is 296 g/mol. The Labute approximate surface area is 114 Å². The Kier molecular flexibility index (Phi) is 4.52. The van der Waals surface area contributed by atoms with Crippen molar-refractivity contribution >= 4 is 18.4 Å². The number of nitrogens with two attached hydrogens (primary N) is 1. The Balaban J connectivity index is 0.00000180. The number of alkyl halides is 3. The van der Waals surface area contributed by atoms with Gasteiger partial charge in [0, 0.05) is 13.0 Å². The van der Waals surface area contributed by atoms with Crippen molar-refractivity contribution in [2.45, 2.75) is 25.2 Å². The number of hydrogen-bond acceptors (Lipinski definition) is 2. The predicted octanol–water partition coefficient (Wildman–Crippen LogP) is 2.10. The fraction of sp³-hybridized carbons (Fsp3) is 0.364. The number of hydrogen-bond donors (Lipinski definition) is 2. The van der Waals surface area contributed by atoms with Crippen LogP contribution in [0.15, 0.2) is 29.4 Å². The third-order valence-electron chi connectivity index (χ3n) is 3.02. The lowest BCUT2D eigenvalue weighted by atomic mass is 9.94. The van der Waals surface area contributed by atoms with E-state index in [1.165, 1.54) is 0 Å². The molecule has 1 aromatic carbocycles. The lowest BCUT2D eigenvalue weighted by Gasteiger charge is -2.37. The van der Waals surface area contributed by atoms with Gasteiger partial charge in [-0.2, -0.15) is 13.2 Å². The Morgan fingerprint density at radius 1 is 1.32 bits per heavy atom. The molecule has 8 heteroatoms. The lowest BCUT2D eigenvalue weighted by Crippen LogP contribution is -2.54. The monoisotopic (exact) mass is 295 g/mol. The maximum Gasteiger partial charge on any atom is 0.409 e. The van der Waals surface area contributed by atoms with Crippen LogP contribution in [0.5, 0.6) is 0 Å². The van der Waals surface area contributed by atoms with Crippen LogP contribution >= 0.6 is 12.4 Å². The topological polar surface area (TPSA) is 61.9 Å². The molecule has 0 fully saturated rings. The van der Waals surface area contributed by atoms with Gasteiger partial charge in [0.2, 0.25) is 5.96 Å². The van der Waals surface area contributed by atoms with Crippen molar-refractivity contribution in [1.82, 2.24) is 4.90 Å². The first kappa shape index (κ1) is 15.4. The highest BCUT2D eigenvalue weighted by Gasteiger charge is 2.46. The summed E-state index contributed by atoms with van der Waals surface area (Å²) in [6.07, 6.45) is -4.63. The third-order valence-corrected chi connectivity index (χ3v) is 3.02. The van der Waals surface area contributed by atoms with E-state index in [1.807, 2.05) is 0 Å². The third kappa shape index (κ3) is 3.04. The summed E-state index contributed by atoms with van der Waals surface area (Å²) >= 11 is 0. The first-order chi connectivity index (χ1) is 8.43. The summed E-state index contributed by atoms with van der Waals surface area (Å²) in [5.74, 6) is -0.521. The summed E-state index contributed by atoms with van der Waals surface area (Å²) < 4.78 is 38.8. The summed E-state index contributed by atoms with van der Waals surface area (Å²) in [7, 11) is 0. The molecule has 106 valence electrons. The van der Waals surface area contributed by atoms with Gasteiger partial charge in [-0.25, -0.2) is 0 Å². The van der Waals surface area contributed by atoms with E-state index < -0.39 is 18.2 Å². The van der Waals surface area contributed by atoms with E-state index in [9.17, 15) is 13.2 Å². The summed E-state index contributed by atoms with van der Waals surface area (Å²) in [6, 6.07) is 5.09. The van der Waals surface area contributed by atoms with Gasteiger partial charge in [0.15, 0.2) is 0 Å². The van der Waals surface area contributed by atoms with E-state index in [0.717, 1.165) is 10.5 Å². The minimum Gasteiger partial charge on any atom is -0.408 e. The SMILES string of the molecule is Cl.NC(=NO)N1Cc2ccccc2CC1C(F)(F)F. The van der Waals surface area contributed by atoms with Gasteiger partial charge >= 0.3 is 6.18 Å². The first-order valence-electron chi connectivity index (χ1n) is 5.31. The molecule has 0 aliphatic carbocycles. The second-order valence-electron chi connectivity index (χ2n) is 4.12. The van der Waals surface area contributed by atoms with Crippen molar-refractivity contribution in [2.24, 2.45) is 10.9 Å². The molecular weight excluding hydrogens is 283 g/mol. The molecule has 0 saturated heterocycles. The summed E-state index contributed by atoms with van der Waals surface area (Å²) in [5.41, 5.74) is 6.71.